The number of hydrogen-bond donors (Lipinski definition) is 2. The summed E-state index contributed by atoms with van der Waals surface area (Å²) in [5, 5.41) is 11.7. The van der Waals surface area contributed by atoms with Crippen LogP contribution in [-0.2, 0) is 9.47 Å². The fourth-order valence-corrected chi connectivity index (χ4v) is 2.58. The zero-order valence-corrected chi connectivity index (χ0v) is 13.9. The van der Waals surface area contributed by atoms with Gasteiger partial charge in [-0.1, -0.05) is 6.42 Å². The smallest absolute Gasteiger partial charge is 0.478 e. The maximum absolute atomic E-state index is 12.0. The Morgan fingerprint density at radius 2 is 1.92 bits per heavy atom. The number of benzene rings is 1. The van der Waals surface area contributed by atoms with Crippen LogP contribution in [0.15, 0.2) is 18.2 Å². The molecule has 0 aromatic heterocycles. The number of hydrogen-bond acceptors (Lipinski definition) is 6. The number of ether oxygens (including phenoxy) is 3. The third-order valence-corrected chi connectivity index (χ3v) is 3.74. The molecule has 1 aliphatic carbocycles. The number of rotatable bonds is 5. The Morgan fingerprint density at radius 1 is 1.20 bits per heavy atom. The van der Waals surface area contributed by atoms with E-state index in [1.54, 1.807) is 6.92 Å². The molecule has 2 N–H and O–H groups in total. The Balaban J connectivity index is 2.05. The second kappa shape index (κ2) is 8.91. The third-order valence-electron chi connectivity index (χ3n) is 3.74. The highest BCUT2D eigenvalue weighted by molar-refractivity contribution is 5.93. The first-order valence-corrected chi connectivity index (χ1v) is 8.19. The standard InChI is InChI=1S/C17H21NO7/c1-2-23-17(22)25-14-10-11(8-9-13(14)15(19)20)18-16(21)24-12-6-4-3-5-7-12/h8-10,12H,2-7H2,1H3,(H,18,21)(H,19,20). The number of amides is 1. The molecule has 8 nitrogen and oxygen atoms in total. The monoisotopic (exact) mass is 351 g/mol. The molecule has 1 aliphatic rings. The number of carboxylic acid groups (broad SMARTS) is 1. The number of nitrogens with one attached hydrogen (secondary N) is 1. The Labute approximate surface area is 145 Å². The van der Waals surface area contributed by atoms with Crippen molar-refractivity contribution in [2.24, 2.45) is 0 Å². The number of carbonyl (C=O) groups is 3. The zero-order valence-electron chi connectivity index (χ0n) is 13.9. The molecule has 0 saturated heterocycles. The van der Waals surface area contributed by atoms with Gasteiger partial charge in [0, 0.05) is 11.8 Å². The van der Waals surface area contributed by atoms with E-state index in [1.807, 2.05) is 0 Å². The summed E-state index contributed by atoms with van der Waals surface area (Å²) in [6, 6.07) is 3.86. The fraction of sp³-hybridized carbons (Fsp3) is 0.471. The lowest BCUT2D eigenvalue weighted by Gasteiger charge is -2.22. The van der Waals surface area contributed by atoms with E-state index in [0.29, 0.717) is 0 Å². The Bertz CT molecular complexity index is 638. The van der Waals surface area contributed by atoms with Crippen LogP contribution in [0.5, 0.6) is 5.75 Å². The van der Waals surface area contributed by atoms with Gasteiger partial charge < -0.3 is 19.3 Å². The molecule has 0 radical (unpaired) electrons. The van der Waals surface area contributed by atoms with E-state index in [0.717, 1.165) is 32.1 Å². The van der Waals surface area contributed by atoms with Gasteiger partial charge in [-0.3, -0.25) is 5.32 Å². The average Bonchev–Trinajstić information content (AvgIpc) is 2.55. The van der Waals surface area contributed by atoms with E-state index in [9.17, 15) is 14.4 Å². The Morgan fingerprint density at radius 3 is 2.56 bits per heavy atom. The van der Waals surface area contributed by atoms with Gasteiger partial charge in [0.15, 0.2) is 5.75 Å². The Hall–Kier alpha value is -2.77. The van der Waals surface area contributed by atoms with Gasteiger partial charge in [-0.05, 0) is 44.7 Å². The summed E-state index contributed by atoms with van der Waals surface area (Å²) in [5.41, 5.74) is 0.0318. The molecule has 0 unspecified atom stereocenters. The van der Waals surface area contributed by atoms with E-state index in [1.165, 1.54) is 18.2 Å². The summed E-state index contributed by atoms with van der Waals surface area (Å²) in [6.07, 6.45) is 3.12. The van der Waals surface area contributed by atoms with Crippen molar-refractivity contribution in [3.63, 3.8) is 0 Å². The van der Waals surface area contributed by atoms with Crippen LogP contribution in [0.25, 0.3) is 0 Å². The normalized spacial score (nSPS) is 14.4. The highest BCUT2D eigenvalue weighted by Gasteiger charge is 2.20. The molecular weight excluding hydrogens is 330 g/mol. The SMILES string of the molecule is CCOC(=O)Oc1cc(NC(=O)OC2CCCCC2)ccc1C(=O)O. The van der Waals surface area contributed by atoms with Gasteiger partial charge in [0.1, 0.15) is 11.7 Å². The molecule has 0 bridgehead atoms. The molecule has 0 spiro atoms. The molecule has 136 valence electrons. The van der Waals surface area contributed by atoms with E-state index < -0.39 is 18.2 Å². The van der Waals surface area contributed by atoms with Gasteiger partial charge in [0.05, 0.1) is 6.61 Å². The maximum atomic E-state index is 12.0. The lowest BCUT2D eigenvalue weighted by molar-refractivity contribution is 0.0690. The molecule has 1 saturated carbocycles. The molecule has 2 rings (SSSR count). The van der Waals surface area contributed by atoms with Crippen LogP contribution < -0.4 is 10.1 Å². The predicted molar refractivity (Wildman–Crippen MR) is 88.0 cm³/mol. The van der Waals surface area contributed by atoms with Gasteiger partial charge in [-0.25, -0.2) is 14.4 Å². The second-order valence-corrected chi connectivity index (χ2v) is 5.59. The zero-order chi connectivity index (χ0) is 18.2. The number of anilines is 1. The minimum atomic E-state index is -1.27. The predicted octanol–water partition coefficient (Wildman–Crippen LogP) is 3.80. The van der Waals surface area contributed by atoms with Crippen LogP contribution in [0.1, 0.15) is 49.4 Å². The minimum absolute atomic E-state index is 0.0902. The van der Waals surface area contributed by atoms with E-state index in [4.69, 9.17) is 14.6 Å². The fourth-order valence-electron chi connectivity index (χ4n) is 2.58. The summed E-state index contributed by atoms with van der Waals surface area (Å²) in [4.78, 5) is 34.6. The van der Waals surface area contributed by atoms with Crippen LogP contribution in [0.2, 0.25) is 0 Å². The van der Waals surface area contributed by atoms with Crippen molar-refractivity contribution >= 4 is 23.9 Å². The van der Waals surface area contributed by atoms with E-state index in [2.05, 4.69) is 10.1 Å². The van der Waals surface area contributed by atoms with E-state index in [-0.39, 0.29) is 29.7 Å². The summed E-state index contributed by atoms with van der Waals surface area (Å²) >= 11 is 0. The molecule has 25 heavy (non-hydrogen) atoms. The molecule has 8 heteroatoms. The molecule has 1 amide bonds. The summed E-state index contributed by atoms with van der Waals surface area (Å²) in [6.45, 7) is 1.69. The molecule has 0 atom stereocenters. The van der Waals surface area contributed by atoms with Crippen molar-refractivity contribution in [1.82, 2.24) is 0 Å². The molecule has 1 fully saturated rings. The number of carboxylic acids is 1. The lowest BCUT2D eigenvalue weighted by atomic mass is 9.98. The van der Waals surface area contributed by atoms with Crippen molar-refractivity contribution in [1.29, 1.82) is 0 Å². The molecular formula is C17H21NO7. The minimum Gasteiger partial charge on any atom is -0.478 e. The number of aromatic carboxylic acids is 1. The van der Waals surface area contributed by atoms with Gasteiger partial charge in [-0.2, -0.15) is 0 Å². The topological polar surface area (TPSA) is 111 Å². The van der Waals surface area contributed by atoms with Crippen molar-refractivity contribution in [3.8, 4) is 5.75 Å². The van der Waals surface area contributed by atoms with Crippen LogP contribution in [0, 0.1) is 0 Å². The lowest BCUT2D eigenvalue weighted by Crippen LogP contribution is -2.24. The first-order chi connectivity index (χ1) is 12.0. The van der Waals surface area contributed by atoms with Crippen LogP contribution in [0.3, 0.4) is 0 Å². The molecule has 1 aromatic rings. The van der Waals surface area contributed by atoms with E-state index >= 15 is 0 Å². The first-order valence-electron chi connectivity index (χ1n) is 8.19. The average molecular weight is 351 g/mol. The molecule has 1 aromatic carbocycles. The largest absolute Gasteiger partial charge is 0.513 e. The summed E-state index contributed by atoms with van der Waals surface area (Å²) < 4.78 is 14.9. The van der Waals surface area contributed by atoms with Gasteiger partial charge >= 0.3 is 18.2 Å². The van der Waals surface area contributed by atoms with Gasteiger partial charge in [0.25, 0.3) is 0 Å². The summed E-state index contributed by atoms with van der Waals surface area (Å²) in [7, 11) is 0. The molecule has 0 aliphatic heterocycles. The van der Waals surface area contributed by atoms with Crippen LogP contribution in [0.4, 0.5) is 15.3 Å². The summed E-state index contributed by atoms with van der Waals surface area (Å²) in [5.74, 6) is -1.49. The van der Waals surface area contributed by atoms with Gasteiger partial charge in [0.2, 0.25) is 0 Å². The molecule has 0 heterocycles. The highest BCUT2D eigenvalue weighted by Crippen LogP contribution is 2.25. The third kappa shape index (κ3) is 5.66. The maximum Gasteiger partial charge on any atom is 0.513 e. The van der Waals surface area contributed by atoms with Crippen molar-refractivity contribution < 1.29 is 33.7 Å². The number of carbonyl (C=O) groups excluding carboxylic acids is 2. The van der Waals surface area contributed by atoms with Crippen molar-refractivity contribution in [3.05, 3.63) is 23.8 Å². The first kappa shape index (κ1) is 18.6. The highest BCUT2D eigenvalue weighted by atomic mass is 16.7. The second-order valence-electron chi connectivity index (χ2n) is 5.59. The van der Waals surface area contributed by atoms with Crippen LogP contribution >= 0.6 is 0 Å². The Kier molecular flexibility index (Phi) is 6.62. The van der Waals surface area contributed by atoms with Crippen molar-refractivity contribution in [2.75, 3.05) is 11.9 Å². The van der Waals surface area contributed by atoms with Crippen LogP contribution in [-0.4, -0.2) is 36.0 Å². The van der Waals surface area contributed by atoms with Gasteiger partial charge in [-0.15, -0.1) is 0 Å². The quantitative estimate of drug-likeness (QED) is 0.613. The van der Waals surface area contributed by atoms with Crippen molar-refractivity contribution in [2.45, 2.75) is 45.1 Å².